The van der Waals surface area contributed by atoms with E-state index in [0.29, 0.717) is 25.9 Å². The maximum atomic E-state index is 12.5. The first-order valence-electron chi connectivity index (χ1n) is 37.2. The van der Waals surface area contributed by atoms with Crippen LogP contribution in [0.4, 0.5) is 0 Å². The van der Waals surface area contributed by atoms with Gasteiger partial charge in [-0.3, -0.25) is 9.59 Å². The van der Waals surface area contributed by atoms with Crippen LogP contribution in [0.5, 0.6) is 0 Å². The van der Waals surface area contributed by atoms with E-state index in [9.17, 15) is 19.8 Å². The topological polar surface area (TPSA) is 95.9 Å². The Morgan fingerprint density at radius 3 is 0.963 bits per heavy atom. The lowest BCUT2D eigenvalue weighted by atomic mass is 10.0. The van der Waals surface area contributed by atoms with Crippen molar-refractivity contribution in [3.05, 3.63) is 36.5 Å². The van der Waals surface area contributed by atoms with Gasteiger partial charge in [-0.15, -0.1) is 0 Å². The van der Waals surface area contributed by atoms with Gasteiger partial charge < -0.3 is 20.3 Å². The Morgan fingerprint density at radius 2 is 0.610 bits per heavy atom. The first-order valence-corrected chi connectivity index (χ1v) is 37.2. The van der Waals surface area contributed by atoms with Gasteiger partial charge in [-0.05, 0) is 83.5 Å². The van der Waals surface area contributed by atoms with Crippen molar-refractivity contribution in [2.75, 3.05) is 13.2 Å². The van der Waals surface area contributed by atoms with Crippen molar-refractivity contribution in [3.63, 3.8) is 0 Å². The molecule has 0 aliphatic rings. The van der Waals surface area contributed by atoms with Crippen LogP contribution < -0.4 is 5.32 Å². The lowest BCUT2D eigenvalue weighted by Crippen LogP contribution is -2.45. The average molecular weight is 1150 g/mol. The fourth-order valence-electron chi connectivity index (χ4n) is 11.7. The third-order valence-corrected chi connectivity index (χ3v) is 17.4. The lowest BCUT2D eigenvalue weighted by molar-refractivity contribution is -0.143. The van der Waals surface area contributed by atoms with Crippen LogP contribution in [-0.4, -0.2) is 47.4 Å². The minimum Gasteiger partial charge on any atom is -0.466 e. The molecule has 0 aromatic heterocycles. The Hall–Kier alpha value is -1.92. The van der Waals surface area contributed by atoms with Crippen molar-refractivity contribution in [1.29, 1.82) is 0 Å². The maximum absolute atomic E-state index is 12.5. The van der Waals surface area contributed by atoms with E-state index in [0.717, 1.165) is 51.4 Å². The molecule has 0 saturated carbocycles. The van der Waals surface area contributed by atoms with Gasteiger partial charge in [0.1, 0.15) is 0 Å². The van der Waals surface area contributed by atoms with E-state index in [2.05, 4.69) is 55.6 Å². The molecule has 0 aliphatic carbocycles. The summed E-state index contributed by atoms with van der Waals surface area (Å²) in [4.78, 5) is 24.6. The Bertz CT molecular complexity index is 1330. The highest BCUT2D eigenvalue weighted by Gasteiger charge is 2.20. The minimum absolute atomic E-state index is 0.0150. The summed E-state index contributed by atoms with van der Waals surface area (Å²) in [7, 11) is 0. The molecule has 3 N–H and O–H groups in total. The van der Waals surface area contributed by atoms with Crippen LogP contribution >= 0.6 is 0 Å². The summed E-state index contributed by atoms with van der Waals surface area (Å²) in [6.07, 6.45) is 92.1. The van der Waals surface area contributed by atoms with Gasteiger partial charge in [-0.25, -0.2) is 0 Å². The van der Waals surface area contributed by atoms with Gasteiger partial charge >= 0.3 is 5.97 Å². The fraction of sp³-hybridized carbons (Fsp3) is 0.895. The number of aliphatic hydroxyl groups excluding tert-OH is 2. The molecule has 2 unspecified atom stereocenters. The van der Waals surface area contributed by atoms with Crippen molar-refractivity contribution in [2.24, 2.45) is 0 Å². The average Bonchev–Trinajstić information content (AvgIpc) is 3.48. The normalized spacial score (nSPS) is 12.7. The quantitative estimate of drug-likeness (QED) is 0.0320. The molecule has 0 heterocycles. The van der Waals surface area contributed by atoms with Crippen LogP contribution in [-0.2, 0) is 14.3 Å². The molecule has 0 radical (unpaired) electrons. The molecule has 0 rings (SSSR count). The molecule has 82 heavy (non-hydrogen) atoms. The number of aliphatic hydroxyl groups is 2. The smallest absolute Gasteiger partial charge is 0.305 e. The predicted molar refractivity (Wildman–Crippen MR) is 361 cm³/mol. The number of esters is 1. The zero-order chi connectivity index (χ0) is 59.2. The minimum atomic E-state index is -0.662. The first-order chi connectivity index (χ1) is 40.5. The number of carbonyl (C=O) groups is 2. The molecular formula is C76H145NO5. The molecule has 0 aromatic carbocycles. The third-order valence-electron chi connectivity index (χ3n) is 17.4. The molecule has 1 amide bonds. The Labute approximate surface area is 513 Å². The summed E-state index contributed by atoms with van der Waals surface area (Å²) >= 11 is 0. The molecular weight excluding hydrogens is 1010 g/mol. The second-order valence-corrected chi connectivity index (χ2v) is 25.6. The van der Waals surface area contributed by atoms with Gasteiger partial charge in [-0.1, -0.05) is 352 Å². The summed E-state index contributed by atoms with van der Waals surface area (Å²) in [6.45, 7) is 4.96. The van der Waals surface area contributed by atoms with Crippen molar-refractivity contribution >= 4 is 11.9 Å². The number of hydrogen-bond donors (Lipinski definition) is 3. The van der Waals surface area contributed by atoms with E-state index >= 15 is 0 Å². The Kier molecular flexibility index (Phi) is 69.9. The molecule has 484 valence electrons. The summed E-state index contributed by atoms with van der Waals surface area (Å²) < 4.78 is 5.51. The number of allylic oxidation sites excluding steroid dienone is 6. The van der Waals surface area contributed by atoms with Crippen molar-refractivity contribution < 1.29 is 24.5 Å². The number of nitrogens with one attached hydrogen (secondary N) is 1. The number of ether oxygens (including phenoxy) is 1. The second kappa shape index (κ2) is 71.6. The molecule has 0 aliphatic heterocycles. The van der Waals surface area contributed by atoms with Crippen LogP contribution in [0.3, 0.4) is 0 Å². The molecule has 0 fully saturated rings. The van der Waals surface area contributed by atoms with Gasteiger partial charge in [0, 0.05) is 12.8 Å². The largest absolute Gasteiger partial charge is 0.466 e. The number of rotatable bonds is 70. The lowest BCUT2D eigenvalue weighted by Gasteiger charge is -2.22. The highest BCUT2D eigenvalue weighted by molar-refractivity contribution is 5.76. The molecule has 0 saturated heterocycles. The zero-order valence-corrected chi connectivity index (χ0v) is 55.5. The monoisotopic (exact) mass is 1150 g/mol. The standard InChI is InChI=1S/C76H145NO5/c1-3-5-7-9-11-13-15-17-19-20-35-39-42-46-50-54-58-62-66-70-76(81)82-71-67-63-59-55-51-47-43-40-37-34-32-30-28-26-24-22-21-23-25-27-29-31-33-36-38-41-45-49-53-57-61-65-69-75(80)77-73(72-78)74(79)68-64-60-56-52-48-44-18-16-14-12-10-8-6-4-2/h11,13,17,19,24,26,73-74,78-79H,3-10,12,14-16,18,20-23,25,27-72H2,1-2H3,(H,77,80)/b13-11-,19-17-,26-24-. The zero-order valence-electron chi connectivity index (χ0n) is 55.5. The molecule has 0 bridgehead atoms. The first kappa shape index (κ1) is 80.1. The fourth-order valence-corrected chi connectivity index (χ4v) is 11.7. The van der Waals surface area contributed by atoms with Crippen molar-refractivity contribution in [1.82, 2.24) is 5.32 Å². The van der Waals surface area contributed by atoms with Gasteiger partial charge in [0.25, 0.3) is 0 Å². The molecule has 6 heteroatoms. The van der Waals surface area contributed by atoms with Crippen LogP contribution in [0.1, 0.15) is 412 Å². The van der Waals surface area contributed by atoms with Crippen LogP contribution in [0.2, 0.25) is 0 Å². The molecule has 0 aromatic rings. The Balaban J connectivity index is 3.34. The van der Waals surface area contributed by atoms with E-state index < -0.39 is 12.1 Å². The van der Waals surface area contributed by atoms with Crippen LogP contribution in [0.15, 0.2) is 36.5 Å². The molecule has 2 atom stereocenters. The SMILES string of the molecule is CCCCC/C=C\C/C=C\CCCCCCCCCCCC(=O)OCCCCCCCCCCCCCC/C=C\CCCCCCCCCCCCCCCCCCC(=O)NC(CO)C(O)CCCCCCCCCCCCCCCC. The van der Waals surface area contributed by atoms with Gasteiger partial charge in [0.15, 0.2) is 0 Å². The highest BCUT2D eigenvalue weighted by atomic mass is 16.5. The second-order valence-electron chi connectivity index (χ2n) is 25.6. The van der Waals surface area contributed by atoms with Gasteiger partial charge in [0.05, 0.1) is 25.4 Å². The maximum Gasteiger partial charge on any atom is 0.305 e. The number of carbonyl (C=O) groups excluding carboxylic acids is 2. The molecule has 6 nitrogen and oxygen atoms in total. The number of amides is 1. The predicted octanol–water partition coefficient (Wildman–Crippen LogP) is 24.3. The number of hydrogen-bond acceptors (Lipinski definition) is 5. The summed E-state index contributed by atoms with van der Waals surface area (Å²) in [6, 6.07) is -0.539. The van der Waals surface area contributed by atoms with Crippen molar-refractivity contribution in [2.45, 2.75) is 424 Å². The Morgan fingerprint density at radius 1 is 0.341 bits per heavy atom. The van der Waals surface area contributed by atoms with E-state index in [-0.39, 0.29) is 18.5 Å². The summed E-state index contributed by atoms with van der Waals surface area (Å²) in [5.74, 6) is -0.0149. The van der Waals surface area contributed by atoms with E-state index in [1.54, 1.807) is 0 Å². The van der Waals surface area contributed by atoms with Crippen LogP contribution in [0.25, 0.3) is 0 Å². The summed E-state index contributed by atoms with van der Waals surface area (Å²) in [5.41, 5.74) is 0. The van der Waals surface area contributed by atoms with Crippen LogP contribution in [0, 0.1) is 0 Å². The van der Waals surface area contributed by atoms with E-state index in [1.807, 2.05) is 0 Å². The highest BCUT2D eigenvalue weighted by Crippen LogP contribution is 2.19. The molecule has 0 spiro atoms. The van der Waals surface area contributed by atoms with Crippen molar-refractivity contribution in [3.8, 4) is 0 Å². The van der Waals surface area contributed by atoms with Gasteiger partial charge in [0.2, 0.25) is 5.91 Å². The third kappa shape index (κ3) is 67.2. The van der Waals surface area contributed by atoms with E-state index in [1.165, 1.54) is 327 Å². The van der Waals surface area contributed by atoms with E-state index in [4.69, 9.17) is 4.74 Å². The number of unbranched alkanes of at least 4 members (excludes halogenated alkanes) is 53. The summed E-state index contributed by atoms with van der Waals surface area (Å²) in [5, 5.41) is 23.3. The van der Waals surface area contributed by atoms with Gasteiger partial charge in [-0.2, -0.15) is 0 Å².